The van der Waals surface area contributed by atoms with Crippen molar-refractivity contribution in [3.8, 4) is 11.4 Å². The Morgan fingerprint density at radius 1 is 1.23 bits per heavy atom. The van der Waals surface area contributed by atoms with Crippen molar-refractivity contribution in [2.24, 2.45) is 7.05 Å². The van der Waals surface area contributed by atoms with Gasteiger partial charge < -0.3 is 24.9 Å². The number of hydrogen-bond acceptors (Lipinski definition) is 8. The van der Waals surface area contributed by atoms with Crippen LogP contribution in [0.4, 0.5) is 5.82 Å². The molecule has 0 radical (unpaired) electrons. The Bertz CT molecular complexity index is 1710. The number of pyridine rings is 3. The summed E-state index contributed by atoms with van der Waals surface area (Å²) >= 11 is 0. The lowest BCUT2D eigenvalue weighted by molar-refractivity contribution is 0.0624. The van der Waals surface area contributed by atoms with Crippen LogP contribution < -0.4 is 5.73 Å². The van der Waals surface area contributed by atoms with E-state index in [0.717, 1.165) is 58.7 Å². The van der Waals surface area contributed by atoms with E-state index >= 15 is 0 Å². The Balaban J connectivity index is 1.27. The molecule has 5 aromatic rings. The topological polar surface area (TPSA) is 141 Å². The minimum atomic E-state index is -0.179. The van der Waals surface area contributed by atoms with Gasteiger partial charge >= 0.3 is 0 Å². The third-order valence-corrected chi connectivity index (χ3v) is 7.67. The van der Waals surface area contributed by atoms with Gasteiger partial charge in [0.25, 0.3) is 5.91 Å². The van der Waals surface area contributed by atoms with Gasteiger partial charge in [0, 0.05) is 36.1 Å². The van der Waals surface area contributed by atoms with Crippen molar-refractivity contribution in [2.45, 2.75) is 45.1 Å². The molecule has 1 aliphatic carbocycles. The molecule has 0 spiro atoms. The van der Waals surface area contributed by atoms with E-state index in [9.17, 15) is 4.79 Å². The van der Waals surface area contributed by atoms with Crippen LogP contribution in [0, 0.1) is 0 Å². The monoisotopic (exact) mass is 521 g/mol. The smallest absolute Gasteiger partial charge is 0.271 e. The van der Waals surface area contributed by atoms with Crippen molar-refractivity contribution in [2.75, 3.05) is 5.73 Å². The number of hydrogen-bond donors (Lipinski definition) is 2. The number of H-pyrrole nitrogens is 1. The molecule has 6 heterocycles. The Kier molecular flexibility index (Phi) is 5.58. The Hall–Kier alpha value is -4.64. The van der Waals surface area contributed by atoms with E-state index in [1.165, 1.54) is 5.56 Å². The summed E-state index contributed by atoms with van der Waals surface area (Å²) in [6, 6.07) is 9.55. The van der Waals surface area contributed by atoms with Crippen molar-refractivity contribution in [3.05, 3.63) is 82.8 Å². The number of aromatic amines is 1. The number of aromatic nitrogens is 7. The second-order valence-corrected chi connectivity index (χ2v) is 10.1. The number of amides is 1. The highest BCUT2D eigenvalue weighted by Gasteiger charge is 2.33. The largest absolute Gasteiger partial charge is 0.383 e. The van der Waals surface area contributed by atoms with Crippen LogP contribution in [-0.2, 0) is 38.0 Å². The van der Waals surface area contributed by atoms with Crippen LogP contribution >= 0.6 is 0 Å². The van der Waals surface area contributed by atoms with Gasteiger partial charge in [-0.2, -0.15) is 0 Å². The van der Waals surface area contributed by atoms with Crippen molar-refractivity contribution in [1.29, 1.82) is 0 Å². The number of aryl methyl sites for hydroxylation is 2. The Labute approximate surface area is 224 Å². The number of rotatable bonds is 5. The van der Waals surface area contributed by atoms with Crippen molar-refractivity contribution >= 4 is 22.8 Å². The molecule has 11 nitrogen and oxygen atoms in total. The van der Waals surface area contributed by atoms with Gasteiger partial charge in [0.15, 0.2) is 5.82 Å². The third kappa shape index (κ3) is 4.02. The molecule has 0 aromatic carbocycles. The van der Waals surface area contributed by atoms with Gasteiger partial charge in [-0.3, -0.25) is 14.8 Å². The van der Waals surface area contributed by atoms with E-state index in [1.54, 1.807) is 24.8 Å². The molecule has 0 fully saturated rings. The molecule has 0 unspecified atom stereocenters. The number of nitrogen functional groups attached to an aromatic ring is 1. The highest BCUT2D eigenvalue weighted by Crippen LogP contribution is 2.36. The second-order valence-electron chi connectivity index (χ2n) is 10.1. The van der Waals surface area contributed by atoms with Gasteiger partial charge in [-0.15, -0.1) is 10.2 Å². The summed E-state index contributed by atoms with van der Waals surface area (Å²) in [5.74, 6) is 1.04. The number of carbonyl (C=O) groups is 1. The van der Waals surface area contributed by atoms with Crippen molar-refractivity contribution in [1.82, 2.24) is 39.6 Å². The molecular weight excluding hydrogens is 494 g/mol. The van der Waals surface area contributed by atoms with Gasteiger partial charge in [-0.25, -0.2) is 4.98 Å². The maximum absolute atomic E-state index is 14.2. The number of anilines is 1. The molecule has 2 aliphatic rings. The molecule has 0 saturated carbocycles. The standard InChI is InChI=1S/C28H27N9O2/c1-36-15-32-35-27(36)17-7-8-18(31-11-17)12-37(23-6-2-4-16-5-3-9-30-24(16)23)28(38)22-10-21-25(33-22)19-13-39-14-20(19)26(29)34-21/h3,5,7-11,15,23,33H,2,4,6,12-14H2,1H3,(H2,29,34)/t23-/m1/s1. The van der Waals surface area contributed by atoms with Gasteiger partial charge in [-0.1, -0.05) is 6.07 Å². The highest BCUT2D eigenvalue weighted by atomic mass is 16.5. The molecule has 39 heavy (non-hydrogen) atoms. The minimum absolute atomic E-state index is 0.137. The molecule has 5 aromatic heterocycles. The SMILES string of the molecule is Cn1cnnc1-c1ccc(CN(C(=O)c2cc3nc(N)c4c(c3[nH]2)COC4)[C@@H]2CCCc3cccnc32)nc1. The molecule has 7 rings (SSSR count). The lowest BCUT2D eigenvalue weighted by atomic mass is 9.90. The number of nitrogens with one attached hydrogen (secondary N) is 1. The molecule has 3 N–H and O–H groups in total. The van der Waals surface area contributed by atoms with Gasteiger partial charge in [0.05, 0.1) is 48.2 Å². The number of ether oxygens (including phenoxy) is 1. The Morgan fingerprint density at radius 2 is 2.13 bits per heavy atom. The third-order valence-electron chi connectivity index (χ3n) is 7.67. The summed E-state index contributed by atoms with van der Waals surface area (Å²) in [6.45, 7) is 1.20. The van der Waals surface area contributed by atoms with Crippen molar-refractivity contribution in [3.63, 3.8) is 0 Å². The number of nitrogens with zero attached hydrogens (tertiary/aromatic N) is 7. The zero-order chi connectivity index (χ0) is 26.5. The van der Waals surface area contributed by atoms with Gasteiger partial charge in [0.2, 0.25) is 0 Å². The Morgan fingerprint density at radius 3 is 2.95 bits per heavy atom. The summed E-state index contributed by atoms with van der Waals surface area (Å²) in [5, 5.41) is 8.12. The molecular formula is C28H27N9O2. The van der Waals surface area contributed by atoms with Crippen LogP contribution in [0.25, 0.3) is 22.4 Å². The summed E-state index contributed by atoms with van der Waals surface area (Å²) < 4.78 is 7.46. The first-order chi connectivity index (χ1) is 19.1. The highest BCUT2D eigenvalue weighted by molar-refractivity contribution is 5.98. The van der Waals surface area contributed by atoms with Crippen LogP contribution in [0.5, 0.6) is 0 Å². The van der Waals surface area contributed by atoms with Crippen LogP contribution in [0.3, 0.4) is 0 Å². The van der Waals surface area contributed by atoms with Crippen molar-refractivity contribution < 1.29 is 9.53 Å². The van der Waals surface area contributed by atoms with E-state index in [-0.39, 0.29) is 11.9 Å². The molecule has 196 valence electrons. The number of carbonyl (C=O) groups excluding carboxylic acids is 1. The molecule has 1 aliphatic heterocycles. The first kappa shape index (κ1) is 23.5. The number of fused-ring (bicyclic) bond motifs is 4. The zero-order valence-electron chi connectivity index (χ0n) is 21.5. The fourth-order valence-corrected chi connectivity index (χ4v) is 5.69. The molecule has 0 bridgehead atoms. The predicted octanol–water partition coefficient (Wildman–Crippen LogP) is 3.48. The first-order valence-corrected chi connectivity index (χ1v) is 13.0. The van der Waals surface area contributed by atoms with E-state index in [0.29, 0.717) is 36.8 Å². The van der Waals surface area contributed by atoms with Crippen LogP contribution in [0.1, 0.15) is 57.5 Å². The van der Waals surface area contributed by atoms with E-state index in [4.69, 9.17) is 20.4 Å². The van der Waals surface area contributed by atoms with E-state index < -0.39 is 0 Å². The predicted molar refractivity (Wildman–Crippen MR) is 143 cm³/mol. The summed E-state index contributed by atoms with van der Waals surface area (Å²) in [5.41, 5.74) is 13.7. The minimum Gasteiger partial charge on any atom is -0.383 e. The van der Waals surface area contributed by atoms with Gasteiger partial charge in [0.1, 0.15) is 17.8 Å². The summed E-state index contributed by atoms with van der Waals surface area (Å²) in [6.07, 6.45) is 7.97. The average Bonchev–Trinajstić information content (AvgIpc) is 3.71. The maximum atomic E-state index is 14.2. The fourth-order valence-electron chi connectivity index (χ4n) is 5.69. The average molecular weight is 522 g/mol. The maximum Gasteiger partial charge on any atom is 0.271 e. The van der Waals surface area contributed by atoms with Crippen LogP contribution in [-0.4, -0.2) is 45.5 Å². The summed E-state index contributed by atoms with van der Waals surface area (Å²) in [7, 11) is 1.89. The molecule has 1 amide bonds. The fraction of sp³-hybridized carbons (Fsp3) is 0.286. The molecule has 11 heteroatoms. The lowest BCUT2D eigenvalue weighted by Gasteiger charge is -2.34. The zero-order valence-corrected chi connectivity index (χ0v) is 21.5. The van der Waals surface area contributed by atoms with Crippen LogP contribution in [0.2, 0.25) is 0 Å². The van der Waals surface area contributed by atoms with Gasteiger partial charge in [-0.05, 0) is 49.1 Å². The van der Waals surface area contributed by atoms with E-state index in [2.05, 4.69) is 26.2 Å². The normalized spacial score (nSPS) is 16.3. The summed E-state index contributed by atoms with van der Waals surface area (Å²) in [4.78, 5) is 33.4. The molecule has 0 saturated heterocycles. The first-order valence-electron chi connectivity index (χ1n) is 13.0. The quantitative estimate of drug-likeness (QED) is 0.358. The number of nitrogens with two attached hydrogens (primary N) is 1. The second kappa shape index (κ2) is 9.28. The lowest BCUT2D eigenvalue weighted by Crippen LogP contribution is -2.37. The molecule has 1 atom stereocenters. The van der Waals surface area contributed by atoms with Crippen LogP contribution in [0.15, 0.2) is 49.1 Å². The van der Waals surface area contributed by atoms with E-state index in [1.807, 2.05) is 34.7 Å².